The number of aryl methyl sites for hydroxylation is 1. The van der Waals surface area contributed by atoms with Crippen LogP contribution in [0.2, 0.25) is 0 Å². The summed E-state index contributed by atoms with van der Waals surface area (Å²) in [6, 6.07) is 7.89. The van der Waals surface area contributed by atoms with Crippen molar-refractivity contribution >= 4 is 17.5 Å². The van der Waals surface area contributed by atoms with E-state index in [0.29, 0.717) is 13.1 Å². The van der Waals surface area contributed by atoms with Gasteiger partial charge < -0.3 is 15.5 Å². The zero-order valence-corrected chi connectivity index (χ0v) is 15.5. The molecule has 0 aliphatic carbocycles. The summed E-state index contributed by atoms with van der Waals surface area (Å²) in [7, 11) is 0. The highest BCUT2D eigenvalue weighted by Crippen LogP contribution is 2.20. The third-order valence-electron chi connectivity index (χ3n) is 4.52. The molecule has 0 unspecified atom stereocenters. The molecular weight excluding hydrogens is 316 g/mol. The molecule has 1 aliphatic heterocycles. The molecule has 1 aliphatic rings. The lowest BCUT2D eigenvalue weighted by Crippen LogP contribution is -2.52. The molecule has 0 radical (unpaired) electrons. The van der Waals surface area contributed by atoms with Crippen molar-refractivity contribution in [2.45, 2.75) is 33.2 Å². The minimum atomic E-state index is -0.493. The first-order valence-corrected chi connectivity index (χ1v) is 9.11. The van der Waals surface area contributed by atoms with E-state index in [-0.39, 0.29) is 11.8 Å². The van der Waals surface area contributed by atoms with Crippen LogP contribution in [0.3, 0.4) is 0 Å². The quantitative estimate of drug-likeness (QED) is 0.777. The Kier molecular flexibility index (Phi) is 7.25. The Hall–Kier alpha value is -2.08. The first kappa shape index (κ1) is 19.2. The molecule has 1 aromatic carbocycles. The van der Waals surface area contributed by atoms with Crippen molar-refractivity contribution in [1.82, 2.24) is 15.5 Å². The van der Waals surface area contributed by atoms with Crippen molar-refractivity contribution < 1.29 is 9.59 Å². The summed E-state index contributed by atoms with van der Waals surface area (Å²) in [4.78, 5) is 28.5. The van der Waals surface area contributed by atoms with Crippen LogP contribution in [0, 0.1) is 6.92 Å². The van der Waals surface area contributed by atoms with E-state index < -0.39 is 6.04 Å². The van der Waals surface area contributed by atoms with Gasteiger partial charge in [-0.1, -0.05) is 25.1 Å². The SMILES string of the molecule is CCCNC(=O)[C@@H](C)NC(=O)CN1CCN(c2ccccc2C)CC1. The molecule has 0 saturated carbocycles. The molecule has 138 valence electrons. The molecule has 1 fully saturated rings. The van der Waals surface area contributed by atoms with Crippen LogP contribution in [-0.2, 0) is 9.59 Å². The largest absolute Gasteiger partial charge is 0.369 e. The molecule has 25 heavy (non-hydrogen) atoms. The van der Waals surface area contributed by atoms with Crippen LogP contribution >= 0.6 is 0 Å². The van der Waals surface area contributed by atoms with Crippen LogP contribution in [0.1, 0.15) is 25.8 Å². The minimum Gasteiger partial charge on any atom is -0.369 e. The zero-order chi connectivity index (χ0) is 18.2. The van der Waals surface area contributed by atoms with Crippen molar-refractivity contribution in [3.05, 3.63) is 29.8 Å². The van der Waals surface area contributed by atoms with E-state index in [1.54, 1.807) is 6.92 Å². The van der Waals surface area contributed by atoms with Crippen molar-refractivity contribution in [2.75, 3.05) is 44.2 Å². The minimum absolute atomic E-state index is 0.0940. The Morgan fingerprint density at radius 2 is 1.84 bits per heavy atom. The van der Waals surface area contributed by atoms with Gasteiger partial charge >= 0.3 is 0 Å². The van der Waals surface area contributed by atoms with Crippen LogP contribution in [0.4, 0.5) is 5.69 Å². The molecule has 0 spiro atoms. The fraction of sp³-hybridized carbons (Fsp3) is 0.579. The second-order valence-corrected chi connectivity index (χ2v) is 6.63. The van der Waals surface area contributed by atoms with Gasteiger partial charge in [0.1, 0.15) is 6.04 Å². The van der Waals surface area contributed by atoms with Gasteiger partial charge in [0.2, 0.25) is 11.8 Å². The number of anilines is 1. The Labute approximate surface area is 150 Å². The van der Waals surface area contributed by atoms with Crippen LogP contribution < -0.4 is 15.5 Å². The Balaban J connectivity index is 1.75. The molecule has 6 nitrogen and oxygen atoms in total. The van der Waals surface area contributed by atoms with E-state index in [0.717, 1.165) is 32.6 Å². The van der Waals surface area contributed by atoms with E-state index in [4.69, 9.17) is 0 Å². The lowest BCUT2D eigenvalue weighted by Gasteiger charge is -2.36. The third kappa shape index (κ3) is 5.74. The van der Waals surface area contributed by atoms with Crippen molar-refractivity contribution in [2.24, 2.45) is 0 Å². The number of hydrogen-bond acceptors (Lipinski definition) is 4. The first-order valence-electron chi connectivity index (χ1n) is 9.11. The van der Waals surface area contributed by atoms with E-state index in [9.17, 15) is 9.59 Å². The maximum absolute atomic E-state index is 12.2. The predicted octanol–water partition coefficient (Wildman–Crippen LogP) is 1.15. The number of piperazine rings is 1. The number of hydrogen-bond donors (Lipinski definition) is 2. The monoisotopic (exact) mass is 346 g/mol. The maximum Gasteiger partial charge on any atom is 0.242 e. The van der Waals surface area contributed by atoms with Gasteiger partial charge in [0.05, 0.1) is 6.54 Å². The van der Waals surface area contributed by atoms with Gasteiger partial charge in [-0.2, -0.15) is 0 Å². The average molecular weight is 346 g/mol. The summed E-state index contributed by atoms with van der Waals surface area (Å²) in [5.74, 6) is -0.219. The summed E-state index contributed by atoms with van der Waals surface area (Å²) >= 11 is 0. The van der Waals surface area contributed by atoms with E-state index in [1.165, 1.54) is 11.3 Å². The van der Waals surface area contributed by atoms with Crippen LogP contribution in [0.5, 0.6) is 0 Å². The smallest absolute Gasteiger partial charge is 0.242 e. The van der Waals surface area contributed by atoms with Crippen LogP contribution in [0.25, 0.3) is 0 Å². The Bertz CT molecular complexity index is 583. The van der Waals surface area contributed by atoms with Gasteiger partial charge in [0.25, 0.3) is 0 Å². The summed E-state index contributed by atoms with van der Waals surface area (Å²) in [5, 5.41) is 5.58. The van der Waals surface area contributed by atoms with E-state index >= 15 is 0 Å². The highest BCUT2D eigenvalue weighted by atomic mass is 16.2. The number of amides is 2. The topological polar surface area (TPSA) is 64.7 Å². The molecule has 1 heterocycles. The third-order valence-corrected chi connectivity index (χ3v) is 4.52. The standard InChI is InChI=1S/C19H30N4O2/c1-4-9-20-19(25)16(3)21-18(24)14-22-10-12-23(13-11-22)17-8-6-5-7-15(17)2/h5-8,16H,4,9-14H2,1-3H3,(H,20,25)(H,21,24)/t16-/m1/s1. The molecule has 6 heteroatoms. The number of para-hydroxylation sites is 1. The molecule has 0 aromatic heterocycles. The van der Waals surface area contributed by atoms with Crippen molar-refractivity contribution in [1.29, 1.82) is 0 Å². The van der Waals surface area contributed by atoms with Crippen LogP contribution in [0.15, 0.2) is 24.3 Å². The first-order chi connectivity index (χ1) is 12.0. The highest BCUT2D eigenvalue weighted by Gasteiger charge is 2.21. The highest BCUT2D eigenvalue weighted by molar-refractivity contribution is 5.87. The summed E-state index contributed by atoms with van der Waals surface area (Å²) in [6.07, 6.45) is 0.886. The number of carbonyl (C=O) groups excluding carboxylic acids is 2. The number of nitrogens with zero attached hydrogens (tertiary/aromatic N) is 2. The van der Waals surface area contributed by atoms with Gasteiger partial charge in [-0.3, -0.25) is 14.5 Å². The molecule has 2 N–H and O–H groups in total. The number of benzene rings is 1. The zero-order valence-electron chi connectivity index (χ0n) is 15.5. The fourth-order valence-electron chi connectivity index (χ4n) is 3.02. The van der Waals surface area contributed by atoms with E-state index in [1.807, 2.05) is 6.92 Å². The van der Waals surface area contributed by atoms with Gasteiger partial charge in [-0.25, -0.2) is 0 Å². The maximum atomic E-state index is 12.2. The lowest BCUT2D eigenvalue weighted by molar-refractivity contribution is -0.129. The predicted molar refractivity (Wildman–Crippen MR) is 101 cm³/mol. The van der Waals surface area contributed by atoms with Gasteiger partial charge in [0, 0.05) is 38.4 Å². The van der Waals surface area contributed by atoms with Crippen molar-refractivity contribution in [3.63, 3.8) is 0 Å². The van der Waals surface area contributed by atoms with Gasteiger partial charge in [-0.15, -0.1) is 0 Å². The fourth-order valence-corrected chi connectivity index (χ4v) is 3.02. The lowest BCUT2D eigenvalue weighted by atomic mass is 10.1. The van der Waals surface area contributed by atoms with Crippen molar-refractivity contribution in [3.8, 4) is 0 Å². The Morgan fingerprint density at radius 1 is 1.16 bits per heavy atom. The second-order valence-electron chi connectivity index (χ2n) is 6.63. The molecule has 1 aromatic rings. The molecular formula is C19H30N4O2. The van der Waals surface area contributed by atoms with Crippen LogP contribution in [-0.4, -0.2) is 62.0 Å². The molecule has 0 bridgehead atoms. The second kappa shape index (κ2) is 9.42. The van der Waals surface area contributed by atoms with E-state index in [2.05, 4.69) is 51.6 Å². The summed E-state index contributed by atoms with van der Waals surface area (Å²) in [6.45, 7) is 10.3. The molecule has 2 rings (SSSR count). The summed E-state index contributed by atoms with van der Waals surface area (Å²) < 4.78 is 0. The molecule has 2 amide bonds. The van der Waals surface area contributed by atoms with Gasteiger partial charge in [0.15, 0.2) is 0 Å². The Morgan fingerprint density at radius 3 is 2.48 bits per heavy atom. The average Bonchev–Trinajstić information content (AvgIpc) is 2.60. The molecule has 1 atom stereocenters. The summed E-state index contributed by atoms with van der Waals surface area (Å²) in [5.41, 5.74) is 2.55. The molecule has 1 saturated heterocycles. The number of nitrogens with one attached hydrogen (secondary N) is 2. The normalized spacial score (nSPS) is 16.4. The number of carbonyl (C=O) groups is 2. The number of rotatable bonds is 7. The van der Waals surface area contributed by atoms with Gasteiger partial charge in [-0.05, 0) is 31.9 Å².